The summed E-state index contributed by atoms with van der Waals surface area (Å²) in [6, 6.07) is 0. The highest BCUT2D eigenvalue weighted by atomic mass is 16.5. The Morgan fingerprint density at radius 2 is 2.23 bits per heavy atom. The molecule has 0 radical (unpaired) electrons. The molecule has 2 rings (SSSR count). The van der Waals surface area contributed by atoms with Crippen molar-refractivity contribution >= 4 is 5.97 Å². The van der Waals surface area contributed by atoms with Crippen LogP contribution in [-0.4, -0.2) is 53.6 Å². The number of carbonyl (C=O) groups is 1. The van der Waals surface area contributed by atoms with Gasteiger partial charge in [-0.3, -0.25) is 14.4 Å². The highest BCUT2D eigenvalue weighted by molar-refractivity contribution is 5.69. The van der Waals surface area contributed by atoms with Crippen molar-refractivity contribution < 1.29 is 14.3 Å². The van der Waals surface area contributed by atoms with E-state index in [2.05, 4.69) is 37.0 Å². The SMILES string of the molecule is COC(=O)C[C@@H]1CN(Cc2cn(C)nc2C(C)(C)C)CCO1. The second-order valence-corrected chi connectivity index (χ2v) is 6.93. The topological polar surface area (TPSA) is 56.6 Å². The van der Waals surface area contributed by atoms with Crippen molar-refractivity contribution in [3.8, 4) is 0 Å². The molecule has 1 atom stereocenters. The van der Waals surface area contributed by atoms with Gasteiger partial charge >= 0.3 is 5.97 Å². The lowest BCUT2D eigenvalue weighted by molar-refractivity contribution is -0.145. The Kier molecular flexibility index (Phi) is 5.24. The summed E-state index contributed by atoms with van der Waals surface area (Å²) < 4.78 is 12.3. The lowest BCUT2D eigenvalue weighted by atomic mass is 9.89. The number of aryl methyl sites for hydroxylation is 1. The van der Waals surface area contributed by atoms with Gasteiger partial charge in [0.2, 0.25) is 0 Å². The smallest absolute Gasteiger partial charge is 0.308 e. The summed E-state index contributed by atoms with van der Waals surface area (Å²) in [6.07, 6.45) is 2.31. The highest BCUT2D eigenvalue weighted by Gasteiger charge is 2.27. The van der Waals surface area contributed by atoms with E-state index in [1.807, 2.05) is 11.7 Å². The van der Waals surface area contributed by atoms with Crippen molar-refractivity contribution in [2.24, 2.45) is 7.05 Å². The minimum absolute atomic E-state index is 0.0221. The van der Waals surface area contributed by atoms with E-state index < -0.39 is 0 Å². The number of nitrogens with zero attached hydrogens (tertiary/aromatic N) is 3. The predicted molar refractivity (Wildman–Crippen MR) is 83.6 cm³/mol. The number of methoxy groups -OCH3 is 1. The number of hydrogen-bond donors (Lipinski definition) is 0. The zero-order valence-corrected chi connectivity index (χ0v) is 14.3. The van der Waals surface area contributed by atoms with E-state index in [4.69, 9.17) is 9.47 Å². The van der Waals surface area contributed by atoms with Crippen LogP contribution in [0.4, 0.5) is 0 Å². The summed E-state index contributed by atoms with van der Waals surface area (Å²) in [4.78, 5) is 13.7. The van der Waals surface area contributed by atoms with Gasteiger partial charge in [-0.1, -0.05) is 20.8 Å². The van der Waals surface area contributed by atoms with Gasteiger partial charge in [0.25, 0.3) is 0 Å². The molecule has 0 bridgehead atoms. The molecule has 1 saturated heterocycles. The molecule has 1 aromatic heterocycles. The van der Waals surface area contributed by atoms with Crippen LogP contribution >= 0.6 is 0 Å². The molecule has 0 N–H and O–H groups in total. The van der Waals surface area contributed by atoms with Crippen molar-refractivity contribution in [3.63, 3.8) is 0 Å². The number of hydrogen-bond acceptors (Lipinski definition) is 5. The minimum atomic E-state index is -0.219. The number of aromatic nitrogens is 2. The van der Waals surface area contributed by atoms with Gasteiger partial charge in [0.1, 0.15) is 0 Å². The van der Waals surface area contributed by atoms with Crippen LogP contribution in [0.5, 0.6) is 0 Å². The Morgan fingerprint density at radius 3 is 2.86 bits per heavy atom. The maximum atomic E-state index is 11.4. The monoisotopic (exact) mass is 309 g/mol. The van der Waals surface area contributed by atoms with E-state index in [1.165, 1.54) is 12.7 Å². The van der Waals surface area contributed by atoms with E-state index in [9.17, 15) is 4.79 Å². The van der Waals surface area contributed by atoms with Crippen molar-refractivity contribution in [1.29, 1.82) is 0 Å². The third-order valence-corrected chi connectivity index (χ3v) is 3.85. The molecule has 22 heavy (non-hydrogen) atoms. The van der Waals surface area contributed by atoms with Crippen molar-refractivity contribution in [1.82, 2.24) is 14.7 Å². The van der Waals surface area contributed by atoms with Gasteiger partial charge in [0.15, 0.2) is 0 Å². The first kappa shape index (κ1) is 17.0. The Bertz CT molecular complexity index is 519. The van der Waals surface area contributed by atoms with Crippen LogP contribution in [0, 0.1) is 0 Å². The van der Waals surface area contributed by atoms with Crippen molar-refractivity contribution in [2.45, 2.75) is 45.3 Å². The second-order valence-electron chi connectivity index (χ2n) is 6.93. The van der Waals surface area contributed by atoms with Gasteiger partial charge in [-0.25, -0.2) is 0 Å². The van der Waals surface area contributed by atoms with Gasteiger partial charge in [0, 0.05) is 43.9 Å². The summed E-state index contributed by atoms with van der Waals surface area (Å²) in [5.74, 6) is -0.219. The Labute approximate surface area is 132 Å². The molecule has 0 spiro atoms. The lowest BCUT2D eigenvalue weighted by Crippen LogP contribution is -2.43. The van der Waals surface area contributed by atoms with Gasteiger partial charge in [-0.15, -0.1) is 0 Å². The quantitative estimate of drug-likeness (QED) is 0.789. The first-order chi connectivity index (χ1) is 10.3. The fourth-order valence-electron chi connectivity index (χ4n) is 2.84. The molecule has 0 aromatic carbocycles. The van der Waals surface area contributed by atoms with Gasteiger partial charge in [-0.2, -0.15) is 5.10 Å². The predicted octanol–water partition coefficient (Wildman–Crippen LogP) is 1.48. The van der Waals surface area contributed by atoms with Crippen LogP contribution in [-0.2, 0) is 33.3 Å². The van der Waals surface area contributed by atoms with Gasteiger partial charge < -0.3 is 9.47 Å². The summed E-state index contributed by atoms with van der Waals surface area (Å²) in [6.45, 7) is 9.63. The van der Waals surface area contributed by atoms with E-state index in [0.717, 1.165) is 25.3 Å². The second kappa shape index (κ2) is 6.79. The number of rotatable bonds is 4. The first-order valence-electron chi connectivity index (χ1n) is 7.73. The molecule has 1 aromatic rings. The normalized spacial score (nSPS) is 20.1. The average molecular weight is 309 g/mol. The van der Waals surface area contributed by atoms with Crippen LogP contribution in [0.1, 0.15) is 38.4 Å². The Balaban J connectivity index is 2.03. The Hall–Kier alpha value is -1.40. The summed E-state index contributed by atoms with van der Waals surface area (Å²) in [7, 11) is 3.37. The molecular weight excluding hydrogens is 282 g/mol. The number of morpholine rings is 1. The van der Waals surface area contributed by atoms with E-state index in [-0.39, 0.29) is 17.5 Å². The first-order valence-corrected chi connectivity index (χ1v) is 7.73. The molecular formula is C16H27N3O3. The van der Waals surface area contributed by atoms with E-state index >= 15 is 0 Å². The molecule has 124 valence electrons. The van der Waals surface area contributed by atoms with Crippen LogP contribution in [0.25, 0.3) is 0 Å². The lowest BCUT2D eigenvalue weighted by Gasteiger charge is -2.32. The molecule has 6 nitrogen and oxygen atoms in total. The van der Waals surface area contributed by atoms with Gasteiger partial charge in [0.05, 0.1) is 31.9 Å². The number of carbonyl (C=O) groups excluding carboxylic acids is 1. The maximum Gasteiger partial charge on any atom is 0.308 e. The fourth-order valence-corrected chi connectivity index (χ4v) is 2.84. The van der Waals surface area contributed by atoms with Crippen molar-refractivity contribution in [3.05, 3.63) is 17.5 Å². The molecule has 0 amide bonds. The standard InChI is InChI=1S/C16H27N3O3/c1-16(2,3)15-12(9-18(4)17-15)10-19-6-7-22-13(11-19)8-14(20)21-5/h9,13H,6-8,10-11H2,1-5H3/t13-/m1/s1. The van der Waals surface area contributed by atoms with Crippen molar-refractivity contribution in [2.75, 3.05) is 26.8 Å². The summed E-state index contributed by atoms with van der Waals surface area (Å²) in [5, 5.41) is 4.61. The largest absolute Gasteiger partial charge is 0.469 e. The zero-order chi connectivity index (χ0) is 16.3. The third-order valence-electron chi connectivity index (χ3n) is 3.85. The summed E-state index contributed by atoms with van der Waals surface area (Å²) in [5.41, 5.74) is 2.40. The fraction of sp³-hybridized carbons (Fsp3) is 0.750. The number of ether oxygens (including phenoxy) is 2. The molecule has 2 heterocycles. The van der Waals surface area contributed by atoms with Crippen LogP contribution in [0.2, 0.25) is 0 Å². The van der Waals surface area contributed by atoms with E-state index in [1.54, 1.807) is 0 Å². The summed E-state index contributed by atoms with van der Waals surface area (Å²) >= 11 is 0. The molecule has 1 aliphatic rings. The molecule has 0 saturated carbocycles. The van der Waals surface area contributed by atoms with Crippen LogP contribution in [0.3, 0.4) is 0 Å². The molecule has 1 aliphatic heterocycles. The molecule has 0 unspecified atom stereocenters. The average Bonchev–Trinajstić information content (AvgIpc) is 2.80. The van der Waals surface area contributed by atoms with Gasteiger partial charge in [-0.05, 0) is 0 Å². The molecule has 0 aliphatic carbocycles. The van der Waals surface area contributed by atoms with E-state index in [0.29, 0.717) is 13.0 Å². The Morgan fingerprint density at radius 1 is 1.50 bits per heavy atom. The molecule has 6 heteroatoms. The minimum Gasteiger partial charge on any atom is -0.469 e. The van der Waals surface area contributed by atoms with Crippen LogP contribution < -0.4 is 0 Å². The highest BCUT2D eigenvalue weighted by Crippen LogP contribution is 2.25. The third kappa shape index (κ3) is 4.30. The van der Waals surface area contributed by atoms with Crippen LogP contribution in [0.15, 0.2) is 6.20 Å². The zero-order valence-electron chi connectivity index (χ0n) is 14.3. The maximum absolute atomic E-state index is 11.4. The molecule has 1 fully saturated rings. The number of esters is 1.